The van der Waals surface area contributed by atoms with Crippen molar-refractivity contribution in [2.75, 3.05) is 0 Å². The molecule has 0 amide bonds. The summed E-state index contributed by atoms with van der Waals surface area (Å²) in [5.41, 5.74) is 5.51. The van der Waals surface area contributed by atoms with Crippen LogP contribution >= 0.6 is 0 Å². The summed E-state index contributed by atoms with van der Waals surface area (Å²) in [4.78, 5) is 0. The van der Waals surface area contributed by atoms with Gasteiger partial charge in [-0.1, -0.05) is 30.7 Å². The molecule has 0 saturated heterocycles. The molecular formula is C12H18N2. The second-order valence-electron chi connectivity index (χ2n) is 4.18. The highest BCUT2D eigenvalue weighted by Gasteiger charge is 2.19. The van der Waals surface area contributed by atoms with Gasteiger partial charge in [0.2, 0.25) is 0 Å². The quantitative estimate of drug-likeness (QED) is 0.567. The number of nitrogens with one attached hydrogen (secondary N) is 1. The van der Waals surface area contributed by atoms with E-state index in [2.05, 4.69) is 36.6 Å². The summed E-state index contributed by atoms with van der Waals surface area (Å²) in [6, 6.07) is 9.08. The Labute approximate surface area is 85.5 Å². The first-order chi connectivity index (χ1) is 6.81. The Morgan fingerprint density at radius 3 is 2.36 bits per heavy atom. The number of benzene rings is 1. The summed E-state index contributed by atoms with van der Waals surface area (Å²) in [6.45, 7) is 2.07. The lowest BCUT2D eigenvalue weighted by Crippen LogP contribution is -2.25. The minimum Gasteiger partial charge on any atom is -0.271 e. The highest BCUT2D eigenvalue weighted by Crippen LogP contribution is 2.36. The monoisotopic (exact) mass is 190 g/mol. The van der Waals surface area contributed by atoms with Crippen molar-refractivity contribution in [2.24, 2.45) is 5.84 Å². The van der Waals surface area contributed by atoms with E-state index in [9.17, 15) is 0 Å². The Kier molecular flexibility index (Phi) is 2.85. The van der Waals surface area contributed by atoms with Crippen LogP contribution in [0.1, 0.15) is 49.3 Å². The summed E-state index contributed by atoms with van der Waals surface area (Å²) in [5.74, 6) is 6.21. The van der Waals surface area contributed by atoms with Crippen molar-refractivity contribution in [3.05, 3.63) is 35.4 Å². The number of nitrogens with two attached hydrogens (primary N) is 1. The van der Waals surface area contributed by atoms with E-state index in [0.717, 1.165) is 5.92 Å². The van der Waals surface area contributed by atoms with E-state index >= 15 is 0 Å². The van der Waals surface area contributed by atoms with Crippen molar-refractivity contribution in [1.29, 1.82) is 0 Å². The molecule has 1 aliphatic rings. The molecule has 14 heavy (non-hydrogen) atoms. The fraction of sp³-hybridized carbons (Fsp3) is 0.500. The molecule has 1 aromatic rings. The zero-order valence-electron chi connectivity index (χ0n) is 8.66. The van der Waals surface area contributed by atoms with Crippen LogP contribution in [0.3, 0.4) is 0 Å². The number of hydrogen-bond acceptors (Lipinski definition) is 2. The fourth-order valence-electron chi connectivity index (χ4n) is 1.89. The van der Waals surface area contributed by atoms with Gasteiger partial charge in [0.25, 0.3) is 0 Å². The lowest BCUT2D eigenvalue weighted by atomic mass is 9.80. The van der Waals surface area contributed by atoms with Crippen LogP contribution in [-0.2, 0) is 0 Å². The fourth-order valence-corrected chi connectivity index (χ4v) is 1.89. The molecule has 0 aromatic heterocycles. The van der Waals surface area contributed by atoms with Crippen LogP contribution in [-0.4, -0.2) is 0 Å². The maximum atomic E-state index is 5.39. The predicted molar refractivity (Wildman–Crippen MR) is 58.8 cm³/mol. The van der Waals surface area contributed by atoms with Crippen LogP contribution in [0.5, 0.6) is 0 Å². The number of hydrogen-bond donors (Lipinski definition) is 2. The largest absolute Gasteiger partial charge is 0.271 e. The van der Waals surface area contributed by atoms with Gasteiger partial charge in [-0.2, -0.15) is 0 Å². The van der Waals surface area contributed by atoms with Gasteiger partial charge in [-0.15, -0.1) is 0 Å². The van der Waals surface area contributed by atoms with Crippen molar-refractivity contribution in [3.8, 4) is 0 Å². The lowest BCUT2D eigenvalue weighted by Gasteiger charge is -2.26. The van der Waals surface area contributed by atoms with Crippen molar-refractivity contribution in [3.63, 3.8) is 0 Å². The Morgan fingerprint density at radius 1 is 1.29 bits per heavy atom. The van der Waals surface area contributed by atoms with Gasteiger partial charge in [-0.05, 0) is 36.8 Å². The molecule has 0 radical (unpaired) electrons. The number of rotatable bonds is 3. The van der Waals surface area contributed by atoms with Crippen molar-refractivity contribution >= 4 is 0 Å². The molecule has 0 aliphatic heterocycles. The molecule has 1 unspecified atom stereocenters. The van der Waals surface area contributed by atoms with Gasteiger partial charge in [-0.3, -0.25) is 11.3 Å². The lowest BCUT2D eigenvalue weighted by molar-refractivity contribution is 0.419. The molecule has 3 N–H and O–H groups in total. The zero-order chi connectivity index (χ0) is 9.97. The second kappa shape index (κ2) is 4.11. The highest BCUT2D eigenvalue weighted by atomic mass is 15.2. The van der Waals surface area contributed by atoms with E-state index in [1.54, 1.807) is 0 Å². The van der Waals surface area contributed by atoms with Gasteiger partial charge < -0.3 is 0 Å². The maximum Gasteiger partial charge on any atom is 0.0431 e. The van der Waals surface area contributed by atoms with Crippen molar-refractivity contribution < 1.29 is 0 Å². The number of hydrazine groups is 1. The van der Waals surface area contributed by atoms with Crippen LogP contribution in [0.25, 0.3) is 0 Å². The van der Waals surface area contributed by atoms with Gasteiger partial charge in [-0.25, -0.2) is 0 Å². The molecular weight excluding hydrogens is 172 g/mol. The molecule has 2 nitrogen and oxygen atoms in total. The average Bonchev–Trinajstić information content (AvgIpc) is 2.15. The first-order valence-electron chi connectivity index (χ1n) is 5.37. The Bertz CT molecular complexity index is 264. The molecule has 0 spiro atoms. The Morgan fingerprint density at radius 2 is 1.93 bits per heavy atom. The normalized spacial score (nSPS) is 19.0. The minimum atomic E-state index is 0.241. The second-order valence-corrected chi connectivity index (χ2v) is 4.18. The molecule has 0 bridgehead atoms. The third-order valence-corrected chi connectivity index (χ3v) is 3.26. The summed E-state index contributed by atoms with van der Waals surface area (Å²) in [5, 5.41) is 0. The molecule has 1 saturated carbocycles. The predicted octanol–water partition coefficient (Wildman–Crippen LogP) is 2.48. The van der Waals surface area contributed by atoms with Gasteiger partial charge in [0.1, 0.15) is 0 Å². The van der Waals surface area contributed by atoms with E-state index in [-0.39, 0.29) is 6.04 Å². The summed E-state index contributed by atoms with van der Waals surface area (Å²) < 4.78 is 0. The molecule has 1 atom stereocenters. The van der Waals surface area contributed by atoms with Gasteiger partial charge in [0, 0.05) is 6.04 Å². The topological polar surface area (TPSA) is 38.0 Å². The zero-order valence-corrected chi connectivity index (χ0v) is 8.66. The van der Waals surface area contributed by atoms with Gasteiger partial charge >= 0.3 is 0 Å². The van der Waals surface area contributed by atoms with Gasteiger partial charge in [0.15, 0.2) is 0 Å². The molecule has 0 heterocycles. The Balaban J connectivity index is 2.09. The smallest absolute Gasteiger partial charge is 0.0431 e. The first kappa shape index (κ1) is 9.69. The maximum absolute atomic E-state index is 5.39. The van der Waals surface area contributed by atoms with Crippen molar-refractivity contribution in [1.82, 2.24) is 5.43 Å². The van der Waals surface area contributed by atoms with Crippen LogP contribution < -0.4 is 11.3 Å². The van der Waals surface area contributed by atoms with Crippen molar-refractivity contribution in [2.45, 2.75) is 38.1 Å². The molecule has 2 rings (SSSR count). The van der Waals surface area contributed by atoms with Crippen LogP contribution in [0.4, 0.5) is 0 Å². The van der Waals surface area contributed by atoms with E-state index in [0.29, 0.717) is 0 Å². The molecule has 1 fully saturated rings. The van der Waals surface area contributed by atoms with E-state index in [1.165, 1.54) is 30.4 Å². The van der Waals surface area contributed by atoms with Crippen LogP contribution in [0, 0.1) is 0 Å². The highest BCUT2D eigenvalue weighted by molar-refractivity contribution is 5.28. The van der Waals surface area contributed by atoms with Crippen LogP contribution in [0.2, 0.25) is 0 Å². The minimum absolute atomic E-state index is 0.241. The van der Waals surface area contributed by atoms with E-state index in [1.807, 2.05) is 0 Å². The van der Waals surface area contributed by atoms with Gasteiger partial charge in [0.05, 0.1) is 0 Å². The van der Waals surface area contributed by atoms with E-state index in [4.69, 9.17) is 5.84 Å². The summed E-state index contributed by atoms with van der Waals surface area (Å²) in [7, 11) is 0. The molecule has 76 valence electrons. The summed E-state index contributed by atoms with van der Waals surface area (Å²) >= 11 is 0. The first-order valence-corrected chi connectivity index (χ1v) is 5.37. The molecule has 1 aliphatic carbocycles. The van der Waals surface area contributed by atoms with Crippen LogP contribution in [0.15, 0.2) is 24.3 Å². The van der Waals surface area contributed by atoms with E-state index < -0.39 is 0 Å². The summed E-state index contributed by atoms with van der Waals surface area (Å²) in [6.07, 6.45) is 4.13. The molecule has 2 heteroatoms. The SMILES string of the molecule is CC(NN)c1ccc(C2CCC2)cc1. The third-order valence-electron chi connectivity index (χ3n) is 3.26. The average molecular weight is 190 g/mol. The Hall–Kier alpha value is -0.860. The third kappa shape index (κ3) is 1.81. The standard InChI is InChI=1S/C12H18N2/c1-9(14-13)10-5-7-12(8-6-10)11-3-2-4-11/h5-9,11,14H,2-4,13H2,1H3. The molecule has 1 aromatic carbocycles.